The maximum Gasteiger partial charge on any atom is 0.338 e. The van der Waals surface area contributed by atoms with E-state index in [0.29, 0.717) is 24.3 Å². The number of hydrogen-bond donors (Lipinski definition) is 2. The van der Waals surface area contributed by atoms with Crippen molar-refractivity contribution >= 4 is 17.4 Å². The van der Waals surface area contributed by atoms with Gasteiger partial charge in [-0.2, -0.15) is 0 Å². The Bertz CT molecular complexity index is 401. The van der Waals surface area contributed by atoms with Crippen molar-refractivity contribution in [1.29, 1.82) is 0 Å². The zero-order valence-corrected chi connectivity index (χ0v) is 9.68. The van der Waals surface area contributed by atoms with Crippen molar-refractivity contribution in [1.82, 2.24) is 0 Å². The molecule has 0 aromatic heterocycles. The molecule has 1 fully saturated rings. The zero-order valence-electron chi connectivity index (χ0n) is 9.68. The van der Waals surface area contributed by atoms with Crippen molar-refractivity contribution < 1.29 is 14.3 Å². The summed E-state index contributed by atoms with van der Waals surface area (Å²) in [6, 6.07) is 6.55. The van der Waals surface area contributed by atoms with E-state index in [0.717, 1.165) is 0 Å². The third-order valence-electron chi connectivity index (χ3n) is 2.10. The van der Waals surface area contributed by atoms with Crippen LogP contribution in [0.15, 0.2) is 24.3 Å². The van der Waals surface area contributed by atoms with E-state index in [9.17, 15) is 9.59 Å². The number of Topliss-reactive ketones (excluding diaryl/α,β-unsaturated/α-hetero) is 1. The van der Waals surface area contributed by atoms with Gasteiger partial charge in [0, 0.05) is 12.1 Å². The fourth-order valence-corrected chi connectivity index (χ4v) is 0.991. The number of nitrogens with two attached hydrogens (primary N) is 2. The van der Waals surface area contributed by atoms with Gasteiger partial charge in [-0.3, -0.25) is 4.79 Å². The molecule has 1 saturated carbocycles. The molecule has 1 aromatic rings. The first-order chi connectivity index (χ1) is 8.04. The molecule has 1 aliphatic carbocycles. The normalized spacial score (nSPS) is 16.8. The number of hydrogen-bond acceptors (Lipinski definition) is 5. The fraction of sp³-hybridized carbons (Fsp3) is 0.333. The summed E-state index contributed by atoms with van der Waals surface area (Å²) in [6.07, 6.45) is 0.611. The van der Waals surface area contributed by atoms with E-state index >= 15 is 0 Å². The summed E-state index contributed by atoms with van der Waals surface area (Å²) < 4.78 is 4.79. The van der Waals surface area contributed by atoms with Gasteiger partial charge in [0.05, 0.1) is 18.2 Å². The lowest BCUT2D eigenvalue weighted by Gasteiger charge is -2.00. The number of ether oxygens (including phenoxy) is 1. The second-order valence-electron chi connectivity index (χ2n) is 3.62. The molecule has 1 aromatic carbocycles. The Morgan fingerprint density at radius 2 is 1.88 bits per heavy atom. The highest BCUT2D eigenvalue weighted by molar-refractivity contribution is 5.99. The topological polar surface area (TPSA) is 95.4 Å². The molecular weight excluding hydrogens is 220 g/mol. The van der Waals surface area contributed by atoms with E-state index < -0.39 is 0 Å². The SMILES string of the molecule is CCOC(=O)c1ccc(N)cc1.NC1CC1=O. The standard InChI is InChI=1S/C9H11NO2.C3H5NO/c1-2-12-9(11)7-3-5-8(10)6-4-7;4-2-1-3(2)5/h3-6H,2,10H2,1H3;2H,1,4H2. The van der Waals surface area contributed by atoms with E-state index in [-0.39, 0.29) is 17.8 Å². The Balaban J connectivity index is 0.000000239. The summed E-state index contributed by atoms with van der Waals surface area (Å²) in [5, 5.41) is 0. The van der Waals surface area contributed by atoms with Crippen LogP contribution in [-0.2, 0) is 9.53 Å². The number of benzene rings is 1. The molecule has 0 bridgehead atoms. The molecule has 0 heterocycles. The van der Waals surface area contributed by atoms with Crippen LogP contribution in [0.5, 0.6) is 0 Å². The Morgan fingerprint density at radius 3 is 2.24 bits per heavy atom. The summed E-state index contributed by atoms with van der Waals surface area (Å²) in [6.45, 7) is 2.17. The third-order valence-corrected chi connectivity index (χ3v) is 2.10. The van der Waals surface area contributed by atoms with E-state index in [4.69, 9.17) is 16.2 Å². The number of carbonyl (C=O) groups excluding carboxylic acids is 2. The van der Waals surface area contributed by atoms with Crippen LogP contribution in [0.3, 0.4) is 0 Å². The second-order valence-corrected chi connectivity index (χ2v) is 3.62. The predicted octanol–water partition coefficient (Wildman–Crippen LogP) is 0.732. The number of ketones is 1. The second kappa shape index (κ2) is 6.00. The minimum absolute atomic E-state index is 0.0880. The van der Waals surface area contributed by atoms with Crippen LogP contribution in [0.4, 0.5) is 5.69 Å². The van der Waals surface area contributed by atoms with E-state index in [1.54, 1.807) is 31.2 Å². The first-order valence-electron chi connectivity index (χ1n) is 5.35. The van der Waals surface area contributed by atoms with E-state index in [2.05, 4.69) is 0 Å². The Hall–Kier alpha value is -1.88. The molecule has 17 heavy (non-hydrogen) atoms. The van der Waals surface area contributed by atoms with Gasteiger partial charge in [0.25, 0.3) is 0 Å². The lowest BCUT2D eigenvalue weighted by Crippen LogP contribution is -2.04. The van der Waals surface area contributed by atoms with Crippen LogP contribution < -0.4 is 11.5 Å². The van der Waals surface area contributed by atoms with Gasteiger partial charge in [0.2, 0.25) is 0 Å². The summed E-state index contributed by atoms with van der Waals surface area (Å²) in [4.78, 5) is 20.9. The van der Waals surface area contributed by atoms with E-state index in [1.807, 2.05) is 0 Å². The average molecular weight is 236 g/mol. The van der Waals surface area contributed by atoms with Gasteiger partial charge in [-0.05, 0) is 31.2 Å². The molecule has 0 aliphatic heterocycles. The number of nitrogen functional groups attached to an aromatic ring is 1. The molecule has 5 heteroatoms. The number of anilines is 1. The van der Waals surface area contributed by atoms with Crippen molar-refractivity contribution in [2.75, 3.05) is 12.3 Å². The Morgan fingerprint density at radius 1 is 1.41 bits per heavy atom. The summed E-state index contributed by atoms with van der Waals surface area (Å²) >= 11 is 0. The molecule has 4 N–H and O–H groups in total. The maximum absolute atomic E-state index is 11.1. The lowest BCUT2D eigenvalue weighted by atomic mass is 10.2. The molecular formula is C12H16N2O3. The minimum Gasteiger partial charge on any atom is -0.462 e. The van der Waals surface area contributed by atoms with Gasteiger partial charge in [-0.1, -0.05) is 0 Å². The van der Waals surface area contributed by atoms with Crippen molar-refractivity contribution in [3.8, 4) is 0 Å². The molecule has 5 nitrogen and oxygen atoms in total. The highest BCUT2D eigenvalue weighted by Gasteiger charge is 2.29. The molecule has 1 aliphatic rings. The fourth-order valence-electron chi connectivity index (χ4n) is 0.991. The van der Waals surface area contributed by atoms with Crippen LogP contribution in [-0.4, -0.2) is 24.4 Å². The highest BCUT2D eigenvalue weighted by Crippen LogP contribution is 2.08. The quantitative estimate of drug-likeness (QED) is 0.583. The van der Waals surface area contributed by atoms with Crippen LogP contribution in [0.2, 0.25) is 0 Å². The first kappa shape index (κ1) is 13.2. The number of esters is 1. The summed E-state index contributed by atoms with van der Waals surface area (Å²) in [5.41, 5.74) is 11.6. The van der Waals surface area contributed by atoms with Gasteiger partial charge in [-0.25, -0.2) is 4.79 Å². The van der Waals surface area contributed by atoms with Gasteiger partial charge >= 0.3 is 5.97 Å². The molecule has 0 amide bonds. The van der Waals surface area contributed by atoms with Crippen molar-refractivity contribution in [3.05, 3.63) is 29.8 Å². The monoisotopic (exact) mass is 236 g/mol. The molecule has 1 unspecified atom stereocenters. The Kier molecular flexibility index (Phi) is 4.66. The van der Waals surface area contributed by atoms with Gasteiger partial charge in [-0.15, -0.1) is 0 Å². The number of carbonyl (C=O) groups is 2. The van der Waals surface area contributed by atoms with Crippen LogP contribution in [0, 0.1) is 0 Å². The van der Waals surface area contributed by atoms with Crippen molar-refractivity contribution in [2.45, 2.75) is 19.4 Å². The first-order valence-corrected chi connectivity index (χ1v) is 5.35. The average Bonchev–Trinajstić information content (AvgIpc) is 2.94. The molecule has 92 valence electrons. The largest absolute Gasteiger partial charge is 0.462 e. The zero-order chi connectivity index (χ0) is 12.8. The number of rotatable bonds is 2. The van der Waals surface area contributed by atoms with Crippen LogP contribution in [0.1, 0.15) is 23.7 Å². The molecule has 0 saturated heterocycles. The smallest absolute Gasteiger partial charge is 0.338 e. The van der Waals surface area contributed by atoms with Gasteiger partial charge in [0.15, 0.2) is 5.78 Å². The highest BCUT2D eigenvalue weighted by atomic mass is 16.5. The lowest BCUT2D eigenvalue weighted by molar-refractivity contribution is -0.110. The maximum atomic E-state index is 11.1. The summed E-state index contributed by atoms with van der Waals surface area (Å²) in [7, 11) is 0. The molecule has 0 spiro atoms. The molecule has 2 rings (SSSR count). The summed E-state index contributed by atoms with van der Waals surface area (Å²) in [5.74, 6) is -0.109. The Labute approximate surface area is 99.7 Å². The van der Waals surface area contributed by atoms with Gasteiger partial charge in [0.1, 0.15) is 0 Å². The van der Waals surface area contributed by atoms with Crippen molar-refractivity contribution in [3.63, 3.8) is 0 Å². The molecule has 0 radical (unpaired) electrons. The van der Waals surface area contributed by atoms with Crippen molar-refractivity contribution in [2.24, 2.45) is 5.73 Å². The third kappa shape index (κ3) is 4.65. The van der Waals surface area contributed by atoms with Crippen LogP contribution >= 0.6 is 0 Å². The van der Waals surface area contributed by atoms with Gasteiger partial charge < -0.3 is 16.2 Å². The minimum atomic E-state index is -0.308. The molecule has 1 atom stereocenters. The van der Waals surface area contributed by atoms with Crippen LogP contribution in [0.25, 0.3) is 0 Å². The predicted molar refractivity (Wildman–Crippen MR) is 64.4 cm³/mol. The van der Waals surface area contributed by atoms with E-state index in [1.165, 1.54) is 0 Å².